The molecule has 1 N–H and O–H groups in total. The van der Waals surface area contributed by atoms with E-state index in [0.717, 1.165) is 25.0 Å². The predicted molar refractivity (Wildman–Crippen MR) is 85.4 cm³/mol. The first-order valence-electron chi connectivity index (χ1n) is 7.77. The number of carbonyl (C=O) groups is 2. The molecule has 2 aliphatic rings. The molecule has 0 bridgehead atoms. The quantitative estimate of drug-likeness (QED) is 0.874. The second-order valence-corrected chi connectivity index (χ2v) is 5.84. The molecule has 0 aromatic carbocycles. The minimum Gasteiger partial charge on any atom is -0.321 e. The molecule has 0 spiro atoms. The molecule has 116 valence electrons. The summed E-state index contributed by atoms with van der Waals surface area (Å²) in [7, 11) is 0. The van der Waals surface area contributed by atoms with Crippen LogP contribution in [0.5, 0.6) is 0 Å². The van der Waals surface area contributed by atoms with Crippen LogP contribution in [0, 0.1) is 0 Å². The Balaban J connectivity index is 1.71. The number of hydrogen-bond acceptors (Lipinski definition) is 4. The lowest BCUT2D eigenvalue weighted by Crippen LogP contribution is -2.42. The summed E-state index contributed by atoms with van der Waals surface area (Å²) in [5.74, 6) is -0.475. The van der Waals surface area contributed by atoms with Gasteiger partial charge in [-0.15, -0.1) is 0 Å². The summed E-state index contributed by atoms with van der Waals surface area (Å²) in [6.07, 6.45) is 7.38. The van der Waals surface area contributed by atoms with Gasteiger partial charge in [0.15, 0.2) is 0 Å². The van der Waals surface area contributed by atoms with E-state index in [1.807, 2.05) is 6.07 Å². The fourth-order valence-electron chi connectivity index (χ4n) is 3.16. The molecular weight excluding hydrogens is 292 g/mol. The Morgan fingerprint density at radius 1 is 1.17 bits per heavy atom. The highest BCUT2D eigenvalue weighted by atomic mass is 16.2. The zero-order valence-corrected chi connectivity index (χ0v) is 12.6. The van der Waals surface area contributed by atoms with Crippen molar-refractivity contribution in [3.63, 3.8) is 0 Å². The minimum absolute atomic E-state index is 0.00535. The molecule has 1 aliphatic carbocycles. The maximum absolute atomic E-state index is 12.9. The number of rotatable bonds is 1. The molecule has 0 radical (unpaired) electrons. The van der Waals surface area contributed by atoms with E-state index in [9.17, 15) is 9.59 Å². The Bertz CT molecular complexity index is 803. The predicted octanol–water partition coefficient (Wildman–Crippen LogP) is 1.95. The molecule has 2 aromatic heterocycles. The van der Waals surface area contributed by atoms with Gasteiger partial charge in [-0.2, -0.15) is 0 Å². The molecule has 0 unspecified atom stereocenters. The van der Waals surface area contributed by atoms with Gasteiger partial charge < -0.3 is 5.32 Å². The number of anilines is 2. The van der Waals surface area contributed by atoms with E-state index in [0.29, 0.717) is 17.1 Å². The van der Waals surface area contributed by atoms with Crippen LogP contribution in [0.15, 0.2) is 30.6 Å². The Kier molecular flexibility index (Phi) is 3.29. The maximum Gasteiger partial charge on any atom is 0.277 e. The van der Waals surface area contributed by atoms with E-state index >= 15 is 0 Å². The van der Waals surface area contributed by atoms with Crippen molar-refractivity contribution in [2.75, 3.05) is 16.8 Å². The molecule has 0 saturated heterocycles. The van der Waals surface area contributed by atoms with Crippen LogP contribution in [0.3, 0.4) is 0 Å². The summed E-state index contributed by atoms with van der Waals surface area (Å²) in [5, 5.41) is 2.73. The van der Waals surface area contributed by atoms with Gasteiger partial charge in [0, 0.05) is 11.9 Å². The number of carbonyl (C=O) groups excluding carboxylic acids is 2. The van der Waals surface area contributed by atoms with Crippen LogP contribution in [0.4, 0.5) is 11.4 Å². The Morgan fingerprint density at radius 2 is 2.04 bits per heavy atom. The lowest BCUT2D eigenvalue weighted by Gasteiger charge is -2.28. The van der Waals surface area contributed by atoms with Gasteiger partial charge in [-0.3, -0.25) is 19.5 Å². The third-order valence-corrected chi connectivity index (χ3v) is 4.31. The fourth-order valence-corrected chi connectivity index (χ4v) is 3.16. The Morgan fingerprint density at radius 3 is 2.96 bits per heavy atom. The second kappa shape index (κ2) is 5.46. The molecule has 6 nitrogen and oxygen atoms in total. The van der Waals surface area contributed by atoms with Crippen LogP contribution in [-0.4, -0.2) is 28.3 Å². The van der Waals surface area contributed by atoms with Crippen LogP contribution in [-0.2, 0) is 17.6 Å². The minimum atomic E-state index is -0.249. The first-order chi connectivity index (χ1) is 11.2. The summed E-state index contributed by atoms with van der Waals surface area (Å²) < 4.78 is 0. The lowest BCUT2D eigenvalue weighted by atomic mass is 9.96. The number of nitrogens with one attached hydrogen (secondary N) is 1. The molecule has 0 saturated carbocycles. The SMILES string of the molecule is O=C1CN(C(=O)c2ccc3c(n2)CCCC3)c2ccncc2N1. The molecule has 3 heterocycles. The van der Waals surface area contributed by atoms with Gasteiger partial charge in [0.1, 0.15) is 12.2 Å². The van der Waals surface area contributed by atoms with Crippen molar-refractivity contribution in [3.8, 4) is 0 Å². The molecule has 0 atom stereocenters. The van der Waals surface area contributed by atoms with Gasteiger partial charge in [-0.25, -0.2) is 4.98 Å². The van der Waals surface area contributed by atoms with Gasteiger partial charge >= 0.3 is 0 Å². The van der Waals surface area contributed by atoms with Crippen molar-refractivity contribution in [2.45, 2.75) is 25.7 Å². The number of aromatic nitrogens is 2. The number of aryl methyl sites for hydroxylation is 2. The molecule has 23 heavy (non-hydrogen) atoms. The summed E-state index contributed by atoms with van der Waals surface area (Å²) in [4.78, 5) is 34.7. The largest absolute Gasteiger partial charge is 0.321 e. The summed E-state index contributed by atoms with van der Waals surface area (Å²) in [5.41, 5.74) is 3.84. The maximum atomic E-state index is 12.9. The van der Waals surface area contributed by atoms with Gasteiger partial charge in [0.05, 0.1) is 17.6 Å². The fraction of sp³-hybridized carbons (Fsp3) is 0.294. The van der Waals surface area contributed by atoms with Crippen molar-refractivity contribution < 1.29 is 9.59 Å². The van der Waals surface area contributed by atoms with Crippen LogP contribution in [0.1, 0.15) is 34.6 Å². The van der Waals surface area contributed by atoms with Gasteiger partial charge in [-0.05, 0) is 43.4 Å². The van der Waals surface area contributed by atoms with Crippen molar-refractivity contribution in [1.29, 1.82) is 0 Å². The smallest absolute Gasteiger partial charge is 0.277 e. The van der Waals surface area contributed by atoms with E-state index in [1.54, 1.807) is 24.5 Å². The monoisotopic (exact) mass is 308 g/mol. The lowest BCUT2D eigenvalue weighted by molar-refractivity contribution is -0.115. The zero-order chi connectivity index (χ0) is 15.8. The summed E-state index contributed by atoms with van der Waals surface area (Å²) >= 11 is 0. The van der Waals surface area contributed by atoms with Gasteiger partial charge in [0.25, 0.3) is 5.91 Å². The Labute approximate surface area is 133 Å². The van der Waals surface area contributed by atoms with E-state index in [-0.39, 0.29) is 18.4 Å². The third-order valence-electron chi connectivity index (χ3n) is 4.31. The van der Waals surface area contributed by atoms with E-state index < -0.39 is 0 Å². The molecule has 1 aliphatic heterocycles. The molecule has 6 heteroatoms. The number of amides is 2. The number of pyridine rings is 2. The van der Waals surface area contributed by atoms with Crippen LogP contribution >= 0.6 is 0 Å². The molecule has 2 aromatic rings. The van der Waals surface area contributed by atoms with E-state index in [4.69, 9.17) is 0 Å². The molecular formula is C17H16N4O2. The average molecular weight is 308 g/mol. The highest BCUT2D eigenvalue weighted by Gasteiger charge is 2.28. The summed E-state index contributed by atoms with van der Waals surface area (Å²) in [6.45, 7) is -0.00535. The first kappa shape index (κ1) is 13.9. The van der Waals surface area contributed by atoms with Crippen LogP contribution < -0.4 is 10.2 Å². The second-order valence-electron chi connectivity index (χ2n) is 5.84. The number of hydrogen-bond donors (Lipinski definition) is 1. The van der Waals surface area contributed by atoms with Crippen LogP contribution in [0.25, 0.3) is 0 Å². The van der Waals surface area contributed by atoms with Crippen LogP contribution in [0.2, 0.25) is 0 Å². The first-order valence-corrected chi connectivity index (χ1v) is 7.77. The Hall–Kier alpha value is -2.76. The van der Waals surface area contributed by atoms with Gasteiger partial charge in [-0.1, -0.05) is 6.07 Å². The topological polar surface area (TPSA) is 75.2 Å². The molecule has 2 amide bonds. The third kappa shape index (κ3) is 2.46. The van der Waals surface area contributed by atoms with Crippen molar-refractivity contribution in [1.82, 2.24) is 9.97 Å². The van der Waals surface area contributed by atoms with Crippen molar-refractivity contribution >= 4 is 23.2 Å². The molecule has 0 fully saturated rings. The highest BCUT2D eigenvalue weighted by molar-refractivity contribution is 6.14. The molecule has 4 rings (SSSR count). The van der Waals surface area contributed by atoms with E-state index in [1.165, 1.54) is 16.9 Å². The summed E-state index contributed by atoms with van der Waals surface area (Å²) in [6, 6.07) is 5.48. The number of fused-ring (bicyclic) bond motifs is 2. The average Bonchev–Trinajstić information content (AvgIpc) is 2.60. The standard InChI is InChI=1S/C17H16N4O2/c22-16-10-21(15-7-8-18-9-14(15)20-16)17(23)13-6-5-11-3-1-2-4-12(11)19-13/h5-9H,1-4,10H2,(H,20,22). The normalized spacial score (nSPS) is 16.3. The van der Waals surface area contributed by atoms with Crippen molar-refractivity contribution in [3.05, 3.63) is 47.5 Å². The highest BCUT2D eigenvalue weighted by Crippen LogP contribution is 2.29. The number of nitrogens with zero attached hydrogens (tertiary/aromatic N) is 3. The zero-order valence-electron chi connectivity index (χ0n) is 12.6. The van der Waals surface area contributed by atoms with E-state index in [2.05, 4.69) is 15.3 Å². The van der Waals surface area contributed by atoms with Crippen molar-refractivity contribution in [2.24, 2.45) is 0 Å². The van der Waals surface area contributed by atoms with Gasteiger partial charge in [0.2, 0.25) is 5.91 Å².